The number of nitrogens with zero attached hydrogens (tertiary/aromatic N) is 6. The maximum atomic E-state index is 4.67. The van der Waals surface area contributed by atoms with Gasteiger partial charge < -0.3 is 0 Å². The summed E-state index contributed by atoms with van der Waals surface area (Å²) in [5, 5.41) is 2.88. The molecule has 0 spiro atoms. The van der Waals surface area contributed by atoms with Gasteiger partial charge in [0.1, 0.15) is 31.3 Å². The average molecular weight is 905 g/mol. The Kier molecular flexibility index (Phi) is 11.7. The molecule has 330 valence electrons. The summed E-state index contributed by atoms with van der Waals surface area (Å²) in [6.07, 6.45) is 7.26. The highest BCUT2D eigenvalue weighted by Crippen LogP contribution is 2.56. The molecule has 1 aliphatic heterocycles. The molecule has 0 atom stereocenters. The van der Waals surface area contributed by atoms with Crippen LogP contribution >= 0.6 is 0 Å². The molecule has 1 aliphatic rings. The van der Waals surface area contributed by atoms with Crippen LogP contribution in [0.15, 0.2) is 255 Å². The lowest BCUT2D eigenvalue weighted by Crippen LogP contribution is -2.28. The number of aromatic nitrogens is 4. The number of pyridine rings is 4. The molecule has 0 radical (unpaired) electrons. The number of allylic oxidation sites excluding steroid dienone is 2. The molecule has 4 aromatic heterocycles. The van der Waals surface area contributed by atoms with Crippen LogP contribution in [-0.2, 0) is 0 Å². The van der Waals surface area contributed by atoms with Gasteiger partial charge in [-0.2, -0.15) is 0 Å². The van der Waals surface area contributed by atoms with Crippen LogP contribution in [0, 0.1) is 0 Å². The fourth-order valence-electron chi connectivity index (χ4n) is 9.77. The highest BCUT2D eigenvalue weighted by atomic mass is 28.3. The van der Waals surface area contributed by atoms with Crippen molar-refractivity contribution in [3.63, 3.8) is 0 Å². The molecule has 11 rings (SSSR count). The molecule has 0 N–H and O–H groups in total. The number of hydrogen-bond acceptors (Lipinski definition) is 6. The van der Waals surface area contributed by atoms with E-state index in [-0.39, 0.29) is 0 Å². The Morgan fingerprint density at radius 1 is 0.261 bits per heavy atom. The second kappa shape index (κ2) is 18.8. The quantitative estimate of drug-likeness (QED) is 0.114. The molecule has 7 heteroatoms. The molecular formula is C62H48N6Si. The molecule has 0 aliphatic carbocycles. The van der Waals surface area contributed by atoms with Crippen LogP contribution in [-0.4, -0.2) is 28.0 Å². The predicted octanol–water partition coefficient (Wildman–Crippen LogP) is 15.9. The first-order valence-electron chi connectivity index (χ1n) is 23.3. The van der Waals surface area contributed by atoms with Crippen molar-refractivity contribution < 1.29 is 0 Å². The number of hydrogen-bond donors (Lipinski definition) is 0. The monoisotopic (exact) mass is 904 g/mol. The van der Waals surface area contributed by atoms with Gasteiger partial charge >= 0.3 is 0 Å². The van der Waals surface area contributed by atoms with E-state index in [0.29, 0.717) is 0 Å². The Labute approximate surface area is 405 Å². The molecule has 0 fully saturated rings. The van der Waals surface area contributed by atoms with Gasteiger partial charge in [0.15, 0.2) is 0 Å². The van der Waals surface area contributed by atoms with Crippen molar-refractivity contribution in [1.82, 2.24) is 19.9 Å². The van der Waals surface area contributed by atoms with Gasteiger partial charge in [0.05, 0.1) is 0 Å². The molecule has 5 heterocycles. The van der Waals surface area contributed by atoms with Crippen LogP contribution in [0.2, 0.25) is 13.1 Å². The summed E-state index contributed by atoms with van der Waals surface area (Å²) in [5.74, 6) is 3.26. The minimum Gasteiger partial charge on any atom is -0.279 e. The van der Waals surface area contributed by atoms with Gasteiger partial charge in [0, 0.05) is 36.2 Å². The molecule has 0 unspecified atom stereocenters. The summed E-state index contributed by atoms with van der Waals surface area (Å²) in [6, 6.07) is 81.6. The van der Waals surface area contributed by atoms with Crippen LogP contribution in [0.1, 0.15) is 22.3 Å². The normalized spacial score (nSPS) is 13.1. The summed E-state index contributed by atoms with van der Waals surface area (Å²) < 4.78 is 0. The van der Waals surface area contributed by atoms with Gasteiger partial charge in [-0.05, 0) is 139 Å². The topological polar surface area (TPSA) is 58.0 Å². The third-order valence-electron chi connectivity index (χ3n) is 12.9. The number of benzene rings is 6. The van der Waals surface area contributed by atoms with E-state index in [1.165, 1.54) is 43.8 Å². The van der Waals surface area contributed by atoms with Crippen LogP contribution in [0.3, 0.4) is 0 Å². The molecule has 0 saturated heterocycles. The molecule has 0 bridgehead atoms. The predicted molar refractivity (Wildman–Crippen MR) is 288 cm³/mol. The van der Waals surface area contributed by atoms with Crippen LogP contribution in [0.25, 0.3) is 43.8 Å². The molecule has 0 saturated carbocycles. The van der Waals surface area contributed by atoms with Crippen molar-refractivity contribution in [2.45, 2.75) is 13.1 Å². The first kappa shape index (κ1) is 42.8. The standard InChI is InChI=1S/C62H48N6Si/c1-69(2)61(51-29-25-45(26-30-51)47-33-37-53(38-34-47)67(55-21-9-13-41-63-55)56-22-10-14-42-64-56)59(49-17-5-3-6-18-49)60(50-19-7-4-8-20-50)62(69)52-31-27-46(28-32-52)48-35-39-54(40-36-48)68(57-23-11-15-43-65-57)58-24-12-16-44-66-58/h3-44H,1-2H3. The van der Waals surface area contributed by atoms with Crippen molar-refractivity contribution in [3.8, 4) is 22.3 Å². The van der Waals surface area contributed by atoms with Gasteiger partial charge in [-0.15, -0.1) is 0 Å². The largest absolute Gasteiger partial charge is 0.279 e. The smallest absolute Gasteiger partial charge is 0.138 e. The van der Waals surface area contributed by atoms with E-state index in [1.807, 2.05) is 97.6 Å². The van der Waals surface area contributed by atoms with E-state index in [2.05, 4.69) is 201 Å². The van der Waals surface area contributed by atoms with E-state index < -0.39 is 8.07 Å². The van der Waals surface area contributed by atoms with Gasteiger partial charge in [0.2, 0.25) is 0 Å². The first-order valence-corrected chi connectivity index (χ1v) is 26.3. The third kappa shape index (κ3) is 8.48. The zero-order valence-corrected chi connectivity index (χ0v) is 39.4. The second-order valence-corrected chi connectivity index (χ2v) is 21.8. The lowest BCUT2D eigenvalue weighted by molar-refractivity contribution is 1.12. The minimum absolute atomic E-state index is 0.814. The summed E-state index contributed by atoms with van der Waals surface area (Å²) in [7, 11) is -2.41. The second-order valence-electron chi connectivity index (χ2n) is 17.5. The molecule has 0 amide bonds. The number of rotatable bonds is 12. The Hall–Kier alpha value is -8.78. The highest BCUT2D eigenvalue weighted by Gasteiger charge is 2.43. The van der Waals surface area contributed by atoms with Crippen molar-refractivity contribution in [2.75, 3.05) is 9.80 Å². The van der Waals surface area contributed by atoms with Crippen molar-refractivity contribution in [1.29, 1.82) is 0 Å². The van der Waals surface area contributed by atoms with E-state index >= 15 is 0 Å². The van der Waals surface area contributed by atoms with E-state index in [1.54, 1.807) is 0 Å². The molecule has 6 nitrogen and oxygen atoms in total. The Morgan fingerprint density at radius 3 is 0.797 bits per heavy atom. The zero-order valence-electron chi connectivity index (χ0n) is 38.4. The maximum absolute atomic E-state index is 4.67. The van der Waals surface area contributed by atoms with Gasteiger partial charge in [-0.25, -0.2) is 19.9 Å². The summed E-state index contributed by atoms with van der Waals surface area (Å²) in [4.78, 5) is 22.8. The lowest BCUT2D eigenvalue weighted by atomic mass is 9.89. The number of anilines is 6. The summed E-state index contributed by atoms with van der Waals surface area (Å²) in [5.41, 5.74) is 14.2. The van der Waals surface area contributed by atoms with Crippen LogP contribution < -0.4 is 9.80 Å². The van der Waals surface area contributed by atoms with Gasteiger partial charge in [-0.1, -0.05) is 171 Å². The summed E-state index contributed by atoms with van der Waals surface area (Å²) >= 11 is 0. The van der Waals surface area contributed by atoms with Crippen molar-refractivity contribution >= 4 is 64.3 Å². The Morgan fingerprint density at radius 2 is 0.522 bits per heavy atom. The van der Waals surface area contributed by atoms with Crippen molar-refractivity contribution in [2.24, 2.45) is 0 Å². The zero-order chi connectivity index (χ0) is 46.6. The third-order valence-corrected chi connectivity index (χ3v) is 16.5. The van der Waals surface area contributed by atoms with E-state index in [0.717, 1.165) is 56.9 Å². The Bertz CT molecular complexity index is 3080. The molecule has 10 aromatic rings. The fraction of sp³-hybridized carbons (Fsp3) is 0.0323. The SMILES string of the molecule is C[Si]1(C)C(c2ccc(-c3ccc(N(c4ccccn4)c4ccccn4)cc3)cc2)=C(c2ccccc2)C(c2ccccc2)=C1c1ccc(-c2ccc(N(c3ccccn3)c3ccccn3)cc2)cc1. The van der Waals surface area contributed by atoms with E-state index in [9.17, 15) is 0 Å². The molecule has 6 aromatic carbocycles. The van der Waals surface area contributed by atoms with Crippen LogP contribution in [0.4, 0.5) is 34.6 Å². The average Bonchev–Trinajstić information content (AvgIpc) is 3.67. The molecular weight excluding hydrogens is 857 g/mol. The Balaban J connectivity index is 0.945. The maximum Gasteiger partial charge on any atom is 0.138 e. The van der Waals surface area contributed by atoms with E-state index in [4.69, 9.17) is 0 Å². The first-order chi connectivity index (χ1) is 34.0. The fourth-order valence-corrected chi connectivity index (χ4v) is 13.6. The highest BCUT2D eigenvalue weighted by molar-refractivity contribution is 7.13. The van der Waals surface area contributed by atoms with Crippen molar-refractivity contribution in [3.05, 3.63) is 278 Å². The lowest BCUT2D eigenvalue weighted by Gasteiger charge is -2.27. The minimum atomic E-state index is -2.41. The van der Waals surface area contributed by atoms with Gasteiger partial charge in [-0.3, -0.25) is 9.80 Å². The van der Waals surface area contributed by atoms with Gasteiger partial charge in [0.25, 0.3) is 0 Å². The summed E-state index contributed by atoms with van der Waals surface area (Å²) in [6.45, 7) is 5.05. The van der Waals surface area contributed by atoms with Crippen LogP contribution in [0.5, 0.6) is 0 Å². The molecule has 69 heavy (non-hydrogen) atoms.